The molecule has 0 aromatic heterocycles. The largest absolute Gasteiger partial charge is 0.490 e. The number of carbonyl (C=O) groups excluding carboxylic acids is 1. The van der Waals surface area contributed by atoms with E-state index in [0.717, 1.165) is 42.9 Å². The van der Waals surface area contributed by atoms with Gasteiger partial charge in [-0.25, -0.2) is 0 Å². The zero-order chi connectivity index (χ0) is 21.1. The van der Waals surface area contributed by atoms with Gasteiger partial charge in [0.05, 0.1) is 24.7 Å². The van der Waals surface area contributed by atoms with Crippen LogP contribution in [-0.4, -0.2) is 42.0 Å². The molecule has 8 nitrogen and oxygen atoms in total. The number of nitro benzene ring substituents is 1. The van der Waals surface area contributed by atoms with Gasteiger partial charge in [0.2, 0.25) is 5.91 Å². The number of nitro groups is 1. The zero-order valence-corrected chi connectivity index (χ0v) is 16.9. The van der Waals surface area contributed by atoms with E-state index < -0.39 is 4.92 Å². The highest BCUT2D eigenvalue weighted by molar-refractivity contribution is 5.95. The lowest BCUT2D eigenvalue weighted by Crippen LogP contribution is -2.33. The molecule has 2 aromatic carbocycles. The molecule has 1 N–H and O–H groups in total. The highest BCUT2D eigenvalue weighted by Gasteiger charge is 2.29. The van der Waals surface area contributed by atoms with Crippen LogP contribution in [0.2, 0.25) is 0 Å². The predicted molar refractivity (Wildman–Crippen MR) is 112 cm³/mol. The molecule has 1 amide bonds. The van der Waals surface area contributed by atoms with Crippen LogP contribution < -0.4 is 14.8 Å². The maximum absolute atomic E-state index is 12.7. The molecule has 0 aliphatic carbocycles. The number of carbonyl (C=O) groups is 1. The number of rotatable bonds is 5. The molecule has 8 heteroatoms. The van der Waals surface area contributed by atoms with Crippen molar-refractivity contribution in [2.24, 2.45) is 0 Å². The highest BCUT2D eigenvalue weighted by atomic mass is 16.6. The molecule has 2 aliphatic heterocycles. The van der Waals surface area contributed by atoms with Gasteiger partial charge in [-0.2, -0.15) is 0 Å². The van der Waals surface area contributed by atoms with Crippen molar-refractivity contribution in [3.63, 3.8) is 0 Å². The summed E-state index contributed by atoms with van der Waals surface area (Å²) >= 11 is 0. The van der Waals surface area contributed by atoms with E-state index in [4.69, 9.17) is 9.47 Å². The van der Waals surface area contributed by atoms with Gasteiger partial charge in [0.25, 0.3) is 5.69 Å². The first-order chi connectivity index (χ1) is 14.5. The average Bonchev–Trinajstić information content (AvgIpc) is 3.04. The summed E-state index contributed by atoms with van der Waals surface area (Å²) in [6.45, 7) is 3.99. The van der Waals surface area contributed by atoms with Crippen molar-refractivity contribution < 1.29 is 19.2 Å². The van der Waals surface area contributed by atoms with Crippen LogP contribution in [0.25, 0.3) is 0 Å². The Morgan fingerprint density at radius 2 is 2.00 bits per heavy atom. The summed E-state index contributed by atoms with van der Waals surface area (Å²) < 4.78 is 11.5. The summed E-state index contributed by atoms with van der Waals surface area (Å²) in [4.78, 5) is 25.7. The van der Waals surface area contributed by atoms with Crippen LogP contribution in [-0.2, 0) is 4.79 Å². The lowest BCUT2D eigenvalue weighted by molar-refractivity contribution is -0.384. The number of ether oxygens (including phenoxy) is 2. The van der Waals surface area contributed by atoms with E-state index in [1.54, 1.807) is 19.1 Å². The second-order valence-electron chi connectivity index (χ2n) is 7.66. The third kappa shape index (κ3) is 4.23. The van der Waals surface area contributed by atoms with Gasteiger partial charge in [0.15, 0.2) is 11.5 Å². The van der Waals surface area contributed by atoms with Gasteiger partial charge in [0.1, 0.15) is 5.69 Å². The average molecular weight is 411 g/mol. The molecule has 2 aliphatic rings. The van der Waals surface area contributed by atoms with E-state index in [9.17, 15) is 14.9 Å². The van der Waals surface area contributed by atoms with Gasteiger partial charge < -0.3 is 14.8 Å². The van der Waals surface area contributed by atoms with Crippen LogP contribution in [0.3, 0.4) is 0 Å². The highest BCUT2D eigenvalue weighted by Crippen LogP contribution is 2.38. The van der Waals surface area contributed by atoms with Crippen LogP contribution in [0, 0.1) is 17.0 Å². The number of para-hydroxylation sites is 1. The van der Waals surface area contributed by atoms with E-state index in [1.165, 1.54) is 6.07 Å². The molecule has 158 valence electrons. The van der Waals surface area contributed by atoms with E-state index in [1.807, 2.05) is 18.2 Å². The van der Waals surface area contributed by atoms with Crippen molar-refractivity contribution in [3.05, 3.63) is 57.6 Å². The first-order valence-corrected chi connectivity index (χ1v) is 10.2. The van der Waals surface area contributed by atoms with E-state index in [-0.39, 0.29) is 29.9 Å². The minimum Gasteiger partial charge on any atom is -0.490 e. The summed E-state index contributed by atoms with van der Waals surface area (Å²) in [5.74, 6) is 1.25. The van der Waals surface area contributed by atoms with Gasteiger partial charge in [0, 0.05) is 18.5 Å². The van der Waals surface area contributed by atoms with Gasteiger partial charge in [-0.1, -0.05) is 18.2 Å². The van der Waals surface area contributed by atoms with E-state index in [0.29, 0.717) is 18.8 Å². The molecule has 1 saturated heterocycles. The van der Waals surface area contributed by atoms with Crippen molar-refractivity contribution in [1.82, 2.24) is 4.90 Å². The number of hydrogen-bond acceptors (Lipinski definition) is 6. The Bertz CT molecular complexity index is 962. The number of amides is 1. The van der Waals surface area contributed by atoms with Crippen molar-refractivity contribution in [3.8, 4) is 11.5 Å². The second-order valence-corrected chi connectivity index (χ2v) is 7.66. The lowest BCUT2D eigenvalue weighted by atomic mass is 10.0. The number of anilines is 1. The van der Waals surface area contributed by atoms with Crippen LogP contribution in [0.4, 0.5) is 11.4 Å². The lowest BCUT2D eigenvalue weighted by Gasteiger charge is -2.25. The maximum atomic E-state index is 12.7. The molecule has 1 atom stereocenters. The number of benzene rings is 2. The predicted octanol–water partition coefficient (Wildman–Crippen LogP) is 3.84. The molecule has 0 radical (unpaired) electrons. The third-order valence-corrected chi connectivity index (χ3v) is 5.58. The van der Waals surface area contributed by atoms with Crippen molar-refractivity contribution in [2.75, 3.05) is 31.6 Å². The first-order valence-electron chi connectivity index (χ1n) is 10.2. The quantitative estimate of drug-likeness (QED) is 0.593. The fourth-order valence-electron chi connectivity index (χ4n) is 4.11. The van der Waals surface area contributed by atoms with Crippen molar-refractivity contribution in [2.45, 2.75) is 32.2 Å². The molecular formula is C22H25N3O5. The molecule has 1 fully saturated rings. The normalized spacial score (nSPS) is 18.6. The number of nitrogens with zero attached hydrogens (tertiary/aromatic N) is 2. The number of likely N-dealkylation sites (tertiary alicyclic amines) is 1. The minimum absolute atomic E-state index is 0.0933. The van der Waals surface area contributed by atoms with Gasteiger partial charge in [-0.05, 0) is 49.6 Å². The Labute approximate surface area is 174 Å². The van der Waals surface area contributed by atoms with Crippen molar-refractivity contribution >= 4 is 17.3 Å². The fraction of sp³-hybridized carbons (Fsp3) is 0.409. The third-order valence-electron chi connectivity index (χ3n) is 5.58. The van der Waals surface area contributed by atoms with Crippen molar-refractivity contribution in [1.29, 1.82) is 0 Å². The second kappa shape index (κ2) is 8.71. The fourth-order valence-corrected chi connectivity index (χ4v) is 4.11. The number of fused-ring (bicyclic) bond motifs is 1. The number of hydrogen-bond donors (Lipinski definition) is 1. The van der Waals surface area contributed by atoms with E-state index >= 15 is 0 Å². The Kier molecular flexibility index (Phi) is 5.85. The van der Waals surface area contributed by atoms with Gasteiger partial charge >= 0.3 is 0 Å². The summed E-state index contributed by atoms with van der Waals surface area (Å²) in [6.07, 6.45) is 2.78. The molecule has 0 bridgehead atoms. The molecule has 0 unspecified atom stereocenters. The summed E-state index contributed by atoms with van der Waals surface area (Å²) in [7, 11) is 0. The topological polar surface area (TPSA) is 93.9 Å². The van der Waals surface area contributed by atoms with Gasteiger partial charge in [-0.3, -0.25) is 19.8 Å². The Morgan fingerprint density at radius 1 is 1.20 bits per heavy atom. The maximum Gasteiger partial charge on any atom is 0.293 e. The van der Waals surface area contributed by atoms with Crippen LogP contribution in [0.1, 0.15) is 36.4 Å². The molecule has 0 saturated carbocycles. The minimum atomic E-state index is -0.473. The van der Waals surface area contributed by atoms with Gasteiger partial charge in [-0.15, -0.1) is 0 Å². The van der Waals surface area contributed by atoms with Crippen LogP contribution in [0.5, 0.6) is 11.5 Å². The molecule has 30 heavy (non-hydrogen) atoms. The summed E-state index contributed by atoms with van der Waals surface area (Å²) in [5, 5.41) is 14.1. The Hall–Kier alpha value is -3.13. The van der Waals surface area contributed by atoms with E-state index in [2.05, 4.69) is 10.2 Å². The first kappa shape index (κ1) is 20.2. The molecular weight excluding hydrogens is 386 g/mol. The molecule has 4 rings (SSSR count). The molecule has 2 aromatic rings. The SMILES string of the molecule is Cc1cccc([N+](=O)[O-])c1NC(=O)CN1CCC[C@H]1c1ccc2c(c1)OCCCO2. The number of aryl methyl sites for hydroxylation is 1. The standard InChI is InChI=1S/C22H25N3O5/c1-15-5-2-6-18(25(27)28)22(15)23-21(26)14-24-10-3-7-17(24)16-8-9-19-20(13-16)30-12-4-11-29-19/h2,5-6,8-9,13,17H,3-4,7,10-12,14H2,1H3,(H,23,26)/t17-/m0/s1. The zero-order valence-electron chi connectivity index (χ0n) is 16.9. The molecule has 2 heterocycles. The Balaban J connectivity index is 1.48. The molecule has 0 spiro atoms. The summed E-state index contributed by atoms with van der Waals surface area (Å²) in [5.41, 5.74) is 1.92. The van der Waals surface area contributed by atoms with Crippen LogP contribution in [0.15, 0.2) is 36.4 Å². The monoisotopic (exact) mass is 411 g/mol. The Morgan fingerprint density at radius 3 is 2.80 bits per heavy atom. The smallest absolute Gasteiger partial charge is 0.293 e. The summed E-state index contributed by atoms with van der Waals surface area (Å²) in [6, 6.07) is 10.8. The number of nitrogens with one attached hydrogen (secondary N) is 1. The van der Waals surface area contributed by atoms with Crippen LogP contribution >= 0.6 is 0 Å².